The minimum atomic E-state index is -0.758. The van der Waals surface area contributed by atoms with Crippen molar-refractivity contribution in [2.45, 2.75) is 25.4 Å². The summed E-state index contributed by atoms with van der Waals surface area (Å²) in [6, 6.07) is -0.415. The third-order valence-electron chi connectivity index (χ3n) is 2.76. The van der Waals surface area contributed by atoms with Crippen molar-refractivity contribution in [1.29, 1.82) is 0 Å². The van der Waals surface area contributed by atoms with E-state index in [1.807, 2.05) is 17.8 Å². The lowest BCUT2D eigenvalue weighted by Gasteiger charge is -2.12. The van der Waals surface area contributed by atoms with Gasteiger partial charge in [0.15, 0.2) is 0 Å². The summed E-state index contributed by atoms with van der Waals surface area (Å²) in [6.07, 6.45) is 5.60. The smallest absolute Gasteiger partial charge is 0.320 e. The van der Waals surface area contributed by atoms with Crippen LogP contribution in [0.4, 0.5) is 0 Å². The Balaban J connectivity index is 1.91. The van der Waals surface area contributed by atoms with Crippen molar-refractivity contribution in [3.8, 4) is 0 Å². The Kier molecular flexibility index (Phi) is 2.73. The maximum atomic E-state index is 10.9. The van der Waals surface area contributed by atoms with E-state index in [9.17, 15) is 4.79 Å². The third kappa shape index (κ3) is 2.36. The number of nitrogens with one attached hydrogen (secondary N) is 1. The Hall–Kier alpha value is -1.36. The summed E-state index contributed by atoms with van der Waals surface area (Å²) in [5, 5.41) is 12.0. The topological polar surface area (TPSA) is 67.2 Å². The van der Waals surface area contributed by atoms with E-state index in [-0.39, 0.29) is 0 Å². The van der Waals surface area contributed by atoms with Crippen molar-refractivity contribution < 1.29 is 9.90 Å². The van der Waals surface area contributed by atoms with Gasteiger partial charge in [0.1, 0.15) is 11.9 Å². The van der Waals surface area contributed by atoms with Crippen molar-refractivity contribution in [2.75, 3.05) is 0 Å². The molecule has 1 fully saturated rings. The highest BCUT2D eigenvalue weighted by Gasteiger charge is 2.35. The van der Waals surface area contributed by atoms with Crippen LogP contribution in [-0.4, -0.2) is 26.7 Å². The van der Waals surface area contributed by atoms with E-state index in [1.165, 1.54) is 0 Å². The first kappa shape index (κ1) is 10.2. The molecular formula is C10H15N3O2. The predicted molar refractivity (Wildman–Crippen MR) is 54.2 cm³/mol. The van der Waals surface area contributed by atoms with Gasteiger partial charge in [-0.05, 0) is 18.8 Å². The first-order valence-electron chi connectivity index (χ1n) is 5.11. The molecule has 0 aromatic carbocycles. The number of aromatic nitrogens is 2. The van der Waals surface area contributed by atoms with Gasteiger partial charge in [-0.25, -0.2) is 4.98 Å². The molecule has 1 aromatic heterocycles. The molecule has 15 heavy (non-hydrogen) atoms. The standard InChI is InChI=1S/C10H15N3O2/c1-13-5-4-11-8(13)6-12-9(10(14)15)7-2-3-7/h4-5,7,9,12H,2-3,6H2,1H3,(H,14,15). The van der Waals surface area contributed by atoms with Gasteiger partial charge >= 0.3 is 5.97 Å². The van der Waals surface area contributed by atoms with Crippen molar-refractivity contribution in [2.24, 2.45) is 13.0 Å². The second-order valence-electron chi connectivity index (χ2n) is 3.99. The summed E-state index contributed by atoms with van der Waals surface area (Å²) in [6.45, 7) is 0.511. The normalized spacial score (nSPS) is 17.7. The molecule has 1 saturated carbocycles. The lowest BCUT2D eigenvalue weighted by atomic mass is 10.2. The molecule has 5 heteroatoms. The molecule has 1 aromatic rings. The first-order valence-corrected chi connectivity index (χ1v) is 5.11. The molecule has 1 heterocycles. The van der Waals surface area contributed by atoms with Crippen LogP contribution in [0.1, 0.15) is 18.7 Å². The number of nitrogens with zero attached hydrogens (tertiary/aromatic N) is 2. The van der Waals surface area contributed by atoms with Gasteiger partial charge in [-0.2, -0.15) is 0 Å². The van der Waals surface area contributed by atoms with E-state index in [4.69, 9.17) is 5.11 Å². The van der Waals surface area contributed by atoms with Crippen LogP contribution in [0, 0.1) is 5.92 Å². The fraction of sp³-hybridized carbons (Fsp3) is 0.600. The Morgan fingerprint density at radius 2 is 2.53 bits per heavy atom. The summed E-state index contributed by atoms with van der Waals surface area (Å²) in [5.74, 6) is 0.413. The van der Waals surface area contributed by atoms with Crippen LogP contribution in [0.3, 0.4) is 0 Å². The third-order valence-corrected chi connectivity index (χ3v) is 2.76. The number of aliphatic carboxylic acids is 1. The second kappa shape index (κ2) is 4.02. The Morgan fingerprint density at radius 3 is 3.00 bits per heavy atom. The Morgan fingerprint density at radius 1 is 1.80 bits per heavy atom. The lowest BCUT2D eigenvalue weighted by Crippen LogP contribution is -2.38. The van der Waals surface area contributed by atoms with Crippen molar-refractivity contribution in [3.63, 3.8) is 0 Å². The molecular weight excluding hydrogens is 194 g/mol. The van der Waals surface area contributed by atoms with Gasteiger partial charge in [-0.15, -0.1) is 0 Å². The van der Waals surface area contributed by atoms with Gasteiger partial charge in [-0.1, -0.05) is 0 Å². The summed E-state index contributed by atoms with van der Waals surface area (Å²) >= 11 is 0. The largest absolute Gasteiger partial charge is 0.480 e. The highest BCUT2D eigenvalue weighted by molar-refractivity contribution is 5.74. The molecule has 2 N–H and O–H groups in total. The van der Waals surface area contributed by atoms with E-state index in [2.05, 4.69) is 10.3 Å². The van der Waals surface area contributed by atoms with E-state index < -0.39 is 12.0 Å². The number of imidazole rings is 1. The van der Waals surface area contributed by atoms with Crippen LogP contribution in [0.2, 0.25) is 0 Å². The van der Waals surface area contributed by atoms with Crippen LogP contribution < -0.4 is 5.32 Å². The number of hydrogen-bond donors (Lipinski definition) is 2. The fourth-order valence-electron chi connectivity index (χ4n) is 1.65. The minimum Gasteiger partial charge on any atom is -0.480 e. The average Bonchev–Trinajstić information content (AvgIpc) is 2.92. The number of carboxylic acid groups (broad SMARTS) is 1. The fourth-order valence-corrected chi connectivity index (χ4v) is 1.65. The van der Waals surface area contributed by atoms with Crippen LogP contribution >= 0.6 is 0 Å². The number of carboxylic acids is 1. The Labute approximate surface area is 88.1 Å². The number of hydrogen-bond acceptors (Lipinski definition) is 3. The van der Waals surface area contributed by atoms with Crippen LogP contribution in [0.5, 0.6) is 0 Å². The van der Waals surface area contributed by atoms with Crippen LogP contribution in [-0.2, 0) is 18.4 Å². The van der Waals surface area contributed by atoms with Gasteiger partial charge in [0.05, 0.1) is 6.54 Å². The summed E-state index contributed by atoms with van der Waals surface area (Å²) in [4.78, 5) is 15.1. The minimum absolute atomic E-state index is 0.308. The zero-order chi connectivity index (χ0) is 10.8. The zero-order valence-corrected chi connectivity index (χ0v) is 8.68. The maximum Gasteiger partial charge on any atom is 0.320 e. The quantitative estimate of drug-likeness (QED) is 0.735. The average molecular weight is 209 g/mol. The van der Waals surface area contributed by atoms with E-state index >= 15 is 0 Å². The maximum absolute atomic E-state index is 10.9. The first-order chi connectivity index (χ1) is 7.18. The molecule has 1 aliphatic carbocycles. The molecule has 0 saturated heterocycles. The van der Waals surface area contributed by atoms with Gasteiger partial charge in [0, 0.05) is 19.4 Å². The SMILES string of the molecule is Cn1ccnc1CNC(C(=O)O)C1CC1. The van der Waals surface area contributed by atoms with Crippen molar-refractivity contribution in [3.05, 3.63) is 18.2 Å². The molecule has 0 radical (unpaired) electrons. The van der Waals surface area contributed by atoms with Gasteiger partial charge in [0.2, 0.25) is 0 Å². The Bertz CT molecular complexity index is 357. The summed E-state index contributed by atoms with van der Waals surface area (Å²) in [7, 11) is 1.90. The molecule has 82 valence electrons. The monoisotopic (exact) mass is 209 g/mol. The van der Waals surface area contributed by atoms with Gasteiger partial charge < -0.3 is 9.67 Å². The van der Waals surface area contributed by atoms with Crippen LogP contribution in [0.25, 0.3) is 0 Å². The van der Waals surface area contributed by atoms with E-state index in [0.29, 0.717) is 12.5 Å². The molecule has 0 amide bonds. The molecule has 0 aliphatic heterocycles. The van der Waals surface area contributed by atoms with Crippen molar-refractivity contribution in [1.82, 2.24) is 14.9 Å². The van der Waals surface area contributed by atoms with E-state index in [0.717, 1.165) is 18.7 Å². The van der Waals surface area contributed by atoms with Crippen molar-refractivity contribution >= 4 is 5.97 Å². The number of aryl methyl sites for hydroxylation is 1. The number of rotatable bonds is 5. The molecule has 1 aliphatic rings. The lowest BCUT2D eigenvalue weighted by molar-refractivity contribution is -0.140. The molecule has 0 bridgehead atoms. The molecule has 2 rings (SSSR count). The second-order valence-corrected chi connectivity index (χ2v) is 3.99. The summed E-state index contributed by atoms with van der Waals surface area (Å²) < 4.78 is 1.89. The molecule has 1 unspecified atom stereocenters. The molecule has 1 atom stereocenters. The number of carbonyl (C=O) groups is 1. The highest BCUT2D eigenvalue weighted by Crippen LogP contribution is 2.32. The van der Waals surface area contributed by atoms with Crippen LogP contribution in [0.15, 0.2) is 12.4 Å². The molecule has 0 spiro atoms. The summed E-state index contributed by atoms with van der Waals surface area (Å²) in [5.41, 5.74) is 0. The molecule has 5 nitrogen and oxygen atoms in total. The van der Waals surface area contributed by atoms with Gasteiger partial charge in [0.25, 0.3) is 0 Å². The predicted octanol–water partition coefficient (Wildman–Crippen LogP) is 0.373. The van der Waals surface area contributed by atoms with E-state index in [1.54, 1.807) is 6.20 Å². The zero-order valence-electron chi connectivity index (χ0n) is 8.68. The highest BCUT2D eigenvalue weighted by atomic mass is 16.4. The van der Waals surface area contributed by atoms with Gasteiger partial charge in [-0.3, -0.25) is 10.1 Å².